The first-order valence-electron chi connectivity index (χ1n) is 6.12. The van der Waals surface area contributed by atoms with Crippen LogP contribution < -0.4 is 0 Å². The van der Waals surface area contributed by atoms with E-state index in [1.165, 1.54) is 28.6 Å². The summed E-state index contributed by atoms with van der Waals surface area (Å²) in [7, 11) is -3.60. The molecule has 1 fully saturated rings. The van der Waals surface area contributed by atoms with Crippen molar-refractivity contribution in [3.8, 4) is 6.07 Å². The van der Waals surface area contributed by atoms with Gasteiger partial charge in [-0.25, -0.2) is 8.42 Å². The molecule has 20 heavy (non-hydrogen) atoms. The van der Waals surface area contributed by atoms with Crippen LogP contribution in [0.15, 0.2) is 34.3 Å². The van der Waals surface area contributed by atoms with E-state index in [1.54, 1.807) is 0 Å². The lowest BCUT2D eigenvalue weighted by Gasteiger charge is -2.22. The number of hydrogen-bond acceptors (Lipinski definition) is 4. The third kappa shape index (κ3) is 2.75. The molecule has 1 aliphatic rings. The molecule has 0 spiro atoms. The predicted molar refractivity (Wildman–Crippen MR) is 72.1 cm³/mol. The van der Waals surface area contributed by atoms with E-state index in [0.717, 1.165) is 6.42 Å². The van der Waals surface area contributed by atoms with Crippen molar-refractivity contribution >= 4 is 10.0 Å². The van der Waals surface area contributed by atoms with Crippen LogP contribution in [0.1, 0.15) is 18.4 Å². The fourth-order valence-electron chi connectivity index (χ4n) is 2.28. The van der Waals surface area contributed by atoms with Crippen molar-refractivity contribution in [3.05, 3.63) is 40.3 Å². The second kappa shape index (κ2) is 5.92. The van der Waals surface area contributed by atoms with E-state index in [-0.39, 0.29) is 17.5 Å². The molecule has 2 rings (SSSR count). The largest absolute Gasteiger partial charge is 0.243 e. The molecule has 1 atom stereocenters. The van der Waals surface area contributed by atoms with Crippen molar-refractivity contribution in [2.75, 3.05) is 13.1 Å². The highest BCUT2D eigenvalue weighted by Gasteiger charge is 2.34. The Hall–Kier alpha value is -2.07. The van der Waals surface area contributed by atoms with Gasteiger partial charge in [0.15, 0.2) is 0 Å². The number of hydrogen-bond donors (Lipinski definition) is 0. The number of azide groups is 1. The summed E-state index contributed by atoms with van der Waals surface area (Å²) < 4.78 is 26.4. The highest BCUT2D eigenvalue weighted by atomic mass is 32.2. The van der Waals surface area contributed by atoms with E-state index < -0.39 is 10.0 Å². The van der Waals surface area contributed by atoms with Gasteiger partial charge in [0.25, 0.3) is 0 Å². The Morgan fingerprint density at radius 3 is 2.75 bits per heavy atom. The normalized spacial score (nSPS) is 19.2. The van der Waals surface area contributed by atoms with E-state index in [1.807, 2.05) is 6.07 Å². The van der Waals surface area contributed by atoms with Crippen LogP contribution in [0.25, 0.3) is 10.4 Å². The summed E-state index contributed by atoms with van der Waals surface area (Å²) in [6.45, 7) is 0.569. The molecular formula is C12H13N5O2S. The van der Waals surface area contributed by atoms with Crippen LogP contribution in [-0.2, 0) is 10.0 Å². The molecule has 104 valence electrons. The van der Waals surface area contributed by atoms with Crippen LogP contribution in [0.4, 0.5) is 0 Å². The minimum Gasteiger partial charge on any atom is -0.207 e. The lowest BCUT2D eigenvalue weighted by Crippen LogP contribution is -2.37. The topological polar surface area (TPSA) is 110 Å². The Balaban J connectivity index is 2.28. The molecule has 0 N–H and O–H groups in total. The van der Waals surface area contributed by atoms with E-state index in [4.69, 9.17) is 10.8 Å². The Morgan fingerprint density at radius 2 is 2.15 bits per heavy atom. The molecule has 0 aromatic heterocycles. The van der Waals surface area contributed by atoms with Gasteiger partial charge in [0.2, 0.25) is 10.0 Å². The van der Waals surface area contributed by atoms with Crippen molar-refractivity contribution in [2.45, 2.75) is 23.8 Å². The zero-order chi connectivity index (χ0) is 14.6. The van der Waals surface area contributed by atoms with Gasteiger partial charge in [-0.3, -0.25) is 0 Å². The Morgan fingerprint density at radius 1 is 1.45 bits per heavy atom. The molecular weight excluding hydrogens is 278 g/mol. The zero-order valence-electron chi connectivity index (χ0n) is 10.7. The van der Waals surface area contributed by atoms with Gasteiger partial charge in [-0.15, -0.1) is 0 Å². The van der Waals surface area contributed by atoms with Crippen LogP contribution in [0.2, 0.25) is 0 Å². The molecule has 1 saturated heterocycles. The first-order chi connectivity index (χ1) is 9.59. The summed E-state index contributed by atoms with van der Waals surface area (Å²) >= 11 is 0. The van der Waals surface area contributed by atoms with Crippen LogP contribution >= 0.6 is 0 Å². The van der Waals surface area contributed by atoms with Gasteiger partial charge < -0.3 is 0 Å². The van der Waals surface area contributed by atoms with Crippen LogP contribution in [0, 0.1) is 11.3 Å². The lowest BCUT2D eigenvalue weighted by molar-refractivity contribution is 0.393. The van der Waals surface area contributed by atoms with E-state index >= 15 is 0 Å². The molecule has 1 aliphatic heterocycles. The molecule has 1 heterocycles. The zero-order valence-corrected chi connectivity index (χ0v) is 11.5. The van der Waals surface area contributed by atoms with Crippen molar-refractivity contribution in [1.29, 1.82) is 5.26 Å². The maximum atomic E-state index is 12.5. The summed E-state index contributed by atoms with van der Waals surface area (Å²) in [6.07, 6.45) is 1.44. The van der Waals surface area contributed by atoms with Gasteiger partial charge >= 0.3 is 0 Å². The van der Waals surface area contributed by atoms with Gasteiger partial charge in [0, 0.05) is 24.0 Å². The molecule has 0 saturated carbocycles. The first kappa shape index (κ1) is 14.3. The summed E-state index contributed by atoms with van der Waals surface area (Å²) in [6, 6.07) is 7.47. The monoisotopic (exact) mass is 291 g/mol. The second-order valence-corrected chi connectivity index (χ2v) is 6.35. The average molecular weight is 291 g/mol. The standard InChI is InChI=1S/C12H13N5O2S/c13-8-10-3-5-12(6-4-10)20(18,19)17-7-1-2-11(17)9-15-16-14/h3-6,11H,1-2,7,9H2. The van der Waals surface area contributed by atoms with Crippen LogP contribution in [-0.4, -0.2) is 31.9 Å². The maximum absolute atomic E-state index is 12.5. The fraction of sp³-hybridized carbons (Fsp3) is 0.417. The van der Waals surface area contributed by atoms with Gasteiger partial charge in [-0.05, 0) is 42.6 Å². The minimum atomic E-state index is -3.60. The number of sulfonamides is 1. The van der Waals surface area contributed by atoms with E-state index in [0.29, 0.717) is 18.5 Å². The third-order valence-electron chi connectivity index (χ3n) is 3.27. The third-order valence-corrected chi connectivity index (χ3v) is 5.23. The summed E-state index contributed by atoms with van der Waals surface area (Å²) in [5.74, 6) is 0. The molecule has 1 aromatic carbocycles. The Kier molecular flexibility index (Phi) is 4.25. The summed E-state index contributed by atoms with van der Waals surface area (Å²) in [5.41, 5.74) is 8.76. The fourth-order valence-corrected chi connectivity index (χ4v) is 3.96. The summed E-state index contributed by atoms with van der Waals surface area (Å²) in [5, 5.41) is 12.2. The number of nitrogens with zero attached hydrogens (tertiary/aromatic N) is 5. The smallest absolute Gasteiger partial charge is 0.207 e. The molecule has 0 aliphatic carbocycles. The molecule has 7 nitrogen and oxygen atoms in total. The highest BCUT2D eigenvalue weighted by Crippen LogP contribution is 2.26. The van der Waals surface area contributed by atoms with Gasteiger partial charge in [-0.1, -0.05) is 5.11 Å². The molecule has 1 unspecified atom stereocenters. The van der Waals surface area contributed by atoms with Crippen LogP contribution in [0.3, 0.4) is 0 Å². The molecule has 8 heteroatoms. The van der Waals surface area contributed by atoms with Crippen molar-refractivity contribution < 1.29 is 8.42 Å². The lowest BCUT2D eigenvalue weighted by atomic mass is 10.2. The maximum Gasteiger partial charge on any atom is 0.243 e. The van der Waals surface area contributed by atoms with Gasteiger partial charge in [-0.2, -0.15) is 9.57 Å². The van der Waals surface area contributed by atoms with E-state index in [2.05, 4.69) is 10.0 Å². The second-order valence-electron chi connectivity index (χ2n) is 4.46. The van der Waals surface area contributed by atoms with Crippen molar-refractivity contribution in [1.82, 2.24) is 4.31 Å². The molecule has 0 amide bonds. The van der Waals surface area contributed by atoms with Crippen molar-refractivity contribution in [2.24, 2.45) is 5.11 Å². The van der Waals surface area contributed by atoms with E-state index in [9.17, 15) is 8.42 Å². The van der Waals surface area contributed by atoms with Gasteiger partial charge in [0.05, 0.1) is 16.5 Å². The number of benzene rings is 1. The quantitative estimate of drug-likeness (QED) is 0.480. The predicted octanol–water partition coefficient (Wildman–Crippen LogP) is 2.02. The van der Waals surface area contributed by atoms with Crippen molar-refractivity contribution in [3.63, 3.8) is 0 Å². The summed E-state index contributed by atoms with van der Waals surface area (Å²) in [4.78, 5) is 2.84. The Labute approximate surface area is 117 Å². The molecule has 0 bridgehead atoms. The average Bonchev–Trinajstić information content (AvgIpc) is 2.94. The Bertz CT molecular complexity index is 671. The number of nitriles is 1. The SMILES string of the molecule is N#Cc1ccc(S(=O)(=O)N2CCCC2CN=[N+]=[N-])cc1. The van der Waals surface area contributed by atoms with Gasteiger partial charge in [0.1, 0.15) is 0 Å². The minimum absolute atomic E-state index is 0.145. The first-order valence-corrected chi connectivity index (χ1v) is 7.56. The molecule has 0 radical (unpaired) electrons. The number of rotatable bonds is 4. The molecule has 1 aromatic rings. The highest BCUT2D eigenvalue weighted by molar-refractivity contribution is 7.89. The van der Waals surface area contributed by atoms with Crippen LogP contribution in [0.5, 0.6) is 0 Å².